The van der Waals surface area contributed by atoms with Crippen molar-refractivity contribution in [3.63, 3.8) is 0 Å². The molecule has 0 radical (unpaired) electrons. The second kappa shape index (κ2) is 4.54. The third-order valence-electron chi connectivity index (χ3n) is 1.75. The Morgan fingerprint density at radius 2 is 2.00 bits per heavy atom. The number of Topliss-reactive ketones (excluding diaryl/α,β-unsaturated/α-hetero) is 2. The highest BCUT2D eigenvalue weighted by Gasteiger charge is 2.20. The Balaban J connectivity index is 2.64. The maximum atomic E-state index is 11.4. The van der Waals surface area contributed by atoms with E-state index in [0.29, 0.717) is 5.76 Å². The fourth-order valence-corrected chi connectivity index (χ4v) is 1.00. The van der Waals surface area contributed by atoms with Gasteiger partial charge in [-0.25, -0.2) is 4.79 Å². The monoisotopic (exact) mass is 210 g/mol. The molecule has 0 aromatic carbocycles. The largest absolute Gasteiger partial charge is 0.463 e. The van der Waals surface area contributed by atoms with E-state index in [2.05, 4.69) is 4.74 Å². The third kappa shape index (κ3) is 2.77. The van der Waals surface area contributed by atoms with Crippen molar-refractivity contribution >= 4 is 17.5 Å². The lowest BCUT2D eigenvalue weighted by atomic mass is 10.1. The number of rotatable bonds is 4. The summed E-state index contributed by atoms with van der Waals surface area (Å²) < 4.78 is 9.19. The van der Waals surface area contributed by atoms with Gasteiger partial charge in [0.15, 0.2) is 5.76 Å². The van der Waals surface area contributed by atoms with Gasteiger partial charge in [0.05, 0.1) is 13.5 Å². The Labute approximate surface area is 86.0 Å². The smallest absolute Gasteiger partial charge is 0.374 e. The Bertz CT molecular complexity index is 402. The first-order valence-corrected chi connectivity index (χ1v) is 4.25. The number of methoxy groups -OCH3 is 1. The van der Waals surface area contributed by atoms with Crippen LogP contribution in [0.4, 0.5) is 0 Å². The van der Waals surface area contributed by atoms with Crippen LogP contribution in [0, 0.1) is 6.92 Å². The zero-order chi connectivity index (χ0) is 11.4. The summed E-state index contributed by atoms with van der Waals surface area (Å²) in [5, 5.41) is 0. The molecule has 0 unspecified atom stereocenters. The normalized spacial score (nSPS) is 9.73. The summed E-state index contributed by atoms with van der Waals surface area (Å²) in [4.78, 5) is 33.1. The van der Waals surface area contributed by atoms with Gasteiger partial charge in [-0.1, -0.05) is 0 Å². The van der Waals surface area contributed by atoms with E-state index >= 15 is 0 Å². The topological polar surface area (TPSA) is 73.6 Å². The Morgan fingerprint density at radius 3 is 2.47 bits per heavy atom. The van der Waals surface area contributed by atoms with Crippen LogP contribution in [0.3, 0.4) is 0 Å². The Kier molecular flexibility index (Phi) is 3.38. The second-order valence-electron chi connectivity index (χ2n) is 2.93. The lowest BCUT2D eigenvalue weighted by molar-refractivity contribution is -0.151. The molecular weight excluding hydrogens is 200 g/mol. The highest BCUT2D eigenvalue weighted by atomic mass is 16.5. The van der Waals surface area contributed by atoms with Gasteiger partial charge in [0.25, 0.3) is 0 Å². The molecule has 0 aliphatic carbocycles. The van der Waals surface area contributed by atoms with Gasteiger partial charge in [-0.05, 0) is 19.1 Å². The van der Waals surface area contributed by atoms with Crippen LogP contribution in [0.1, 0.15) is 22.7 Å². The molecule has 1 rings (SSSR count). The standard InChI is InChI=1S/C10H10O5/c1-6-3-4-9(15-6)7(11)5-8(12)10(13)14-2/h3-4H,5H2,1-2H3. The minimum Gasteiger partial charge on any atom is -0.463 e. The summed E-state index contributed by atoms with van der Waals surface area (Å²) in [6.45, 7) is 1.68. The second-order valence-corrected chi connectivity index (χ2v) is 2.93. The predicted molar refractivity (Wildman–Crippen MR) is 49.4 cm³/mol. The number of hydrogen-bond acceptors (Lipinski definition) is 5. The van der Waals surface area contributed by atoms with Gasteiger partial charge < -0.3 is 9.15 Å². The van der Waals surface area contributed by atoms with Crippen LogP contribution < -0.4 is 0 Å². The number of ether oxygens (including phenoxy) is 1. The predicted octanol–water partition coefficient (Wildman–Crippen LogP) is 0.903. The van der Waals surface area contributed by atoms with E-state index in [1.807, 2.05) is 0 Å². The lowest BCUT2D eigenvalue weighted by Crippen LogP contribution is -2.19. The highest BCUT2D eigenvalue weighted by molar-refractivity contribution is 6.37. The first-order chi connectivity index (χ1) is 7.04. The van der Waals surface area contributed by atoms with Crippen LogP contribution in [0.2, 0.25) is 0 Å². The molecule has 5 nitrogen and oxygen atoms in total. The van der Waals surface area contributed by atoms with Crippen LogP contribution in [0.5, 0.6) is 0 Å². The summed E-state index contributed by atoms with van der Waals surface area (Å²) >= 11 is 0. The first kappa shape index (κ1) is 11.2. The molecular formula is C10H10O5. The van der Waals surface area contributed by atoms with Gasteiger partial charge in [-0.2, -0.15) is 0 Å². The van der Waals surface area contributed by atoms with Crippen molar-refractivity contribution in [1.29, 1.82) is 0 Å². The maximum Gasteiger partial charge on any atom is 0.374 e. The van der Waals surface area contributed by atoms with Crippen LogP contribution >= 0.6 is 0 Å². The van der Waals surface area contributed by atoms with E-state index in [-0.39, 0.29) is 5.76 Å². The van der Waals surface area contributed by atoms with Crippen molar-refractivity contribution in [1.82, 2.24) is 0 Å². The summed E-state index contributed by atoms with van der Waals surface area (Å²) in [5.41, 5.74) is 0. The molecule has 80 valence electrons. The Morgan fingerprint density at radius 1 is 1.33 bits per heavy atom. The van der Waals surface area contributed by atoms with Gasteiger partial charge in [0.1, 0.15) is 5.76 Å². The number of ketones is 2. The number of carbonyl (C=O) groups is 3. The van der Waals surface area contributed by atoms with Crippen molar-refractivity contribution in [3.05, 3.63) is 23.7 Å². The van der Waals surface area contributed by atoms with Crippen LogP contribution in [0.25, 0.3) is 0 Å². The van der Waals surface area contributed by atoms with Gasteiger partial charge in [0.2, 0.25) is 11.6 Å². The van der Waals surface area contributed by atoms with Crippen molar-refractivity contribution in [2.24, 2.45) is 0 Å². The lowest BCUT2D eigenvalue weighted by Gasteiger charge is -1.96. The van der Waals surface area contributed by atoms with E-state index in [9.17, 15) is 14.4 Å². The molecule has 1 aromatic heterocycles. The Hall–Kier alpha value is -1.91. The third-order valence-corrected chi connectivity index (χ3v) is 1.75. The van der Waals surface area contributed by atoms with Crippen molar-refractivity contribution in [2.45, 2.75) is 13.3 Å². The van der Waals surface area contributed by atoms with Gasteiger partial charge in [-0.15, -0.1) is 0 Å². The summed E-state index contributed by atoms with van der Waals surface area (Å²) in [6.07, 6.45) is -0.528. The molecule has 0 fully saturated rings. The van der Waals surface area contributed by atoms with E-state index in [0.717, 1.165) is 7.11 Å². The van der Waals surface area contributed by atoms with Crippen LogP contribution in [-0.2, 0) is 14.3 Å². The first-order valence-electron chi connectivity index (χ1n) is 4.25. The van der Waals surface area contributed by atoms with Crippen molar-refractivity contribution < 1.29 is 23.5 Å². The number of hydrogen-bond donors (Lipinski definition) is 0. The molecule has 0 saturated carbocycles. The zero-order valence-corrected chi connectivity index (χ0v) is 8.40. The molecule has 1 aromatic rings. The van der Waals surface area contributed by atoms with E-state index in [1.165, 1.54) is 6.07 Å². The van der Waals surface area contributed by atoms with Crippen LogP contribution in [-0.4, -0.2) is 24.6 Å². The van der Waals surface area contributed by atoms with Crippen molar-refractivity contribution in [3.8, 4) is 0 Å². The molecule has 0 bridgehead atoms. The molecule has 0 N–H and O–H groups in total. The van der Waals surface area contributed by atoms with Gasteiger partial charge in [0, 0.05) is 0 Å². The van der Waals surface area contributed by atoms with E-state index < -0.39 is 24.0 Å². The van der Waals surface area contributed by atoms with Gasteiger partial charge >= 0.3 is 5.97 Å². The number of esters is 1. The fraction of sp³-hybridized carbons (Fsp3) is 0.300. The SMILES string of the molecule is COC(=O)C(=O)CC(=O)c1ccc(C)o1. The zero-order valence-electron chi connectivity index (χ0n) is 8.40. The molecule has 0 aliphatic heterocycles. The minimum absolute atomic E-state index is 0.0738. The molecule has 5 heteroatoms. The highest BCUT2D eigenvalue weighted by Crippen LogP contribution is 2.09. The molecule has 0 amide bonds. The van der Waals surface area contributed by atoms with E-state index in [4.69, 9.17) is 4.42 Å². The average Bonchev–Trinajstić information content (AvgIpc) is 2.63. The maximum absolute atomic E-state index is 11.4. The minimum atomic E-state index is -1.02. The average molecular weight is 210 g/mol. The summed E-state index contributed by atoms with van der Waals surface area (Å²) in [5.74, 6) is -1.78. The molecule has 15 heavy (non-hydrogen) atoms. The summed E-state index contributed by atoms with van der Waals surface area (Å²) in [6, 6.07) is 3.07. The quantitative estimate of drug-likeness (QED) is 0.319. The van der Waals surface area contributed by atoms with Crippen LogP contribution in [0.15, 0.2) is 16.5 Å². The number of aryl methyl sites for hydroxylation is 1. The number of furan rings is 1. The van der Waals surface area contributed by atoms with Gasteiger partial charge in [-0.3, -0.25) is 9.59 Å². The molecule has 0 atom stereocenters. The van der Waals surface area contributed by atoms with E-state index in [1.54, 1.807) is 13.0 Å². The van der Waals surface area contributed by atoms with Crippen molar-refractivity contribution in [2.75, 3.05) is 7.11 Å². The molecule has 0 aliphatic rings. The molecule has 0 spiro atoms. The molecule has 1 heterocycles. The molecule has 0 saturated heterocycles. The summed E-state index contributed by atoms with van der Waals surface area (Å²) in [7, 11) is 1.09. The fourth-order valence-electron chi connectivity index (χ4n) is 1.00. The number of carbonyl (C=O) groups excluding carboxylic acids is 3.